The number of hydrogen-bond donors (Lipinski definition) is 0. The molecule has 86 valence electrons. The van der Waals surface area contributed by atoms with Gasteiger partial charge >= 0.3 is 0 Å². The molecule has 0 unspecified atom stereocenters. The summed E-state index contributed by atoms with van der Waals surface area (Å²) in [5.74, 6) is 0.791. The van der Waals surface area contributed by atoms with Crippen molar-refractivity contribution >= 4 is 23.9 Å². The van der Waals surface area contributed by atoms with Gasteiger partial charge in [-0.05, 0) is 30.4 Å². The fraction of sp³-hybridized carbons (Fsp3) is 0.250. The number of hydrogen-bond acceptors (Lipinski definition) is 3. The standard InChI is InChI=1S/C12H15ClN2O/c1-15(2)14-8-4-5-10-9-11(13)6-7-12(10)16-3/h4-9H,1-3H3/b5-4-,14-8+. The van der Waals surface area contributed by atoms with Crippen LogP contribution in [0.15, 0.2) is 29.4 Å². The molecule has 0 aromatic heterocycles. The van der Waals surface area contributed by atoms with Crippen LogP contribution >= 0.6 is 11.6 Å². The van der Waals surface area contributed by atoms with Crippen molar-refractivity contribution in [1.29, 1.82) is 0 Å². The van der Waals surface area contributed by atoms with Gasteiger partial charge in [0, 0.05) is 30.9 Å². The third-order valence-electron chi connectivity index (χ3n) is 1.85. The van der Waals surface area contributed by atoms with E-state index in [1.807, 2.05) is 38.4 Å². The minimum atomic E-state index is 0.685. The Kier molecular flexibility index (Phi) is 4.86. The van der Waals surface area contributed by atoms with Crippen molar-refractivity contribution in [2.24, 2.45) is 5.10 Å². The van der Waals surface area contributed by atoms with Gasteiger partial charge in [-0.1, -0.05) is 11.6 Å². The van der Waals surface area contributed by atoms with Crippen molar-refractivity contribution in [3.63, 3.8) is 0 Å². The molecule has 0 fully saturated rings. The van der Waals surface area contributed by atoms with Gasteiger partial charge in [0.05, 0.1) is 7.11 Å². The average molecular weight is 239 g/mol. The van der Waals surface area contributed by atoms with Gasteiger partial charge in [-0.2, -0.15) is 5.10 Å². The summed E-state index contributed by atoms with van der Waals surface area (Å²) in [5, 5.41) is 6.47. The Morgan fingerprint density at radius 2 is 2.12 bits per heavy atom. The second-order valence-corrected chi connectivity index (χ2v) is 3.79. The van der Waals surface area contributed by atoms with E-state index in [1.54, 1.807) is 24.4 Å². The number of nitrogens with zero attached hydrogens (tertiary/aromatic N) is 2. The Morgan fingerprint density at radius 3 is 2.75 bits per heavy atom. The molecular weight excluding hydrogens is 224 g/mol. The van der Waals surface area contributed by atoms with Crippen LogP contribution in [0.3, 0.4) is 0 Å². The first-order chi connectivity index (χ1) is 7.63. The highest BCUT2D eigenvalue weighted by Gasteiger charge is 1.99. The zero-order valence-corrected chi connectivity index (χ0v) is 10.4. The molecule has 16 heavy (non-hydrogen) atoms. The Labute approximate surface area is 101 Å². The van der Waals surface area contributed by atoms with E-state index >= 15 is 0 Å². The zero-order valence-electron chi connectivity index (χ0n) is 9.64. The van der Waals surface area contributed by atoms with Crippen LogP contribution in [-0.2, 0) is 0 Å². The predicted molar refractivity (Wildman–Crippen MR) is 69.2 cm³/mol. The lowest BCUT2D eigenvalue weighted by molar-refractivity contribution is 0.414. The number of methoxy groups -OCH3 is 1. The van der Waals surface area contributed by atoms with Crippen LogP contribution in [0.1, 0.15) is 5.56 Å². The molecule has 1 aromatic carbocycles. The molecule has 0 saturated carbocycles. The normalized spacial score (nSPS) is 11.2. The first-order valence-electron chi connectivity index (χ1n) is 4.85. The number of ether oxygens (including phenoxy) is 1. The molecule has 0 N–H and O–H groups in total. The van der Waals surface area contributed by atoms with Crippen LogP contribution in [-0.4, -0.2) is 32.4 Å². The molecule has 0 atom stereocenters. The van der Waals surface area contributed by atoms with E-state index < -0.39 is 0 Å². The molecule has 0 aliphatic carbocycles. The number of rotatable bonds is 4. The molecule has 0 radical (unpaired) electrons. The van der Waals surface area contributed by atoms with Crippen molar-refractivity contribution in [1.82, 2.24) is 5.01 Å². The average Bonchev–Trinajstić information content (AvgIpc) is 2.24. The molecule has 1 rings (SSSR count). The summed E-state index contributed by atoms with van der Waals surface area (Å²) < 4.78 is 5.21. The second-order valence-electron chi connectivity index (χ2n) is 3.36. The lowest BCUT2D eigenvalue weighted by Gasteiger charge is -2.04. The van der Waals surface area contributed by atoms with Crippen LogP contribution < -0.4 is 4.74 Å². The topological polar surface area (TPSA) is 24.8 Å². The smallest absolute Gasteiger partial charge is 0.126 e. The molecule has 0 aliphatic rings. The molecule has 0 saturated heterocycles. The van der Waals surface area contributed by atoms with Gasteiger partial charge in [-0.3, -0.25) is 0 Å². The van der Waals surface area contributed by atoms with Crippen molar-refractivity contribution < 1.29 is 4.74 Å². The minimum absolute atomic E-state index is 0.685. The summed E-state index contributed by atoms with van der Waals surface area (Å²) in [4.78, 5) is 0. The highest BCUT2D eigenvalue weighted by Crippen LogP contribution is 2.23. The van der Waals surface area contributed by atoms with Crippen LogP contribution in [0.25, 0.3) is 6.08 Å². The number of halogens is 1. The Hall–Kier alpha value is -1.48. The van der Waals surface area contributed by atoms with Gasteiger partial charge in [0.15, 0.2) is 0 Å². The summed E-state index contributed by atoms with van der Waals surface area (Å²) in [7, 11) is 5.36. The van der Waals surface area contributed by atoms with Crippen LogP contribution in [0.4, 0.5) is 0 Å². The quantitative estimate of drug-likeness (QED) is 0.595. The summed E-state index contributed by atoms with van der Waals surface area (Å²) in [6.07, 6.45) is 5.45. The van der Waals surface area contributed by atoms with E-state index in [-0.39, 0.29) is 0 Å². The maximum absolute atomic E-state index is 5.91. The molecule has 0 bridgehead atoms. The molecule has 0 aliphatic heterocycles. The highest BCUT2D eigenvalue weighted by molar-refractivity contribution is 6.30. The van der Waals surface area contributed by atoms with Gasteiger partial charge in [-0.25, -0.2) is 0 Å². The summed E-state index contributed by atoms with van der Waals surface area (Å²) in [5.41, 5.74) is 0.931. The highest BCUT2D eigenvalue weighted by atomic mass is 35.5. The fourth-order valence-electron chi connectivity index (χ4n) is 1.15. The van der Waals surface area contributed by atoms with E-state index in [4.69, 9.17) is 16.3 Å². The van der Waals surface area contributed by atoms with Crippen molar-refractivity contribution in [2.75, 3.05) is 21.2 Å². The van der Waals surface area contributed by atoms with E-state index in [0.29, 0.717) is 5.02 Å². The SMILES string of the molecule is COc1ccc(Cl)cc1/C=C\C=N\N(C)C. The fourth-order valence-corrected chi connectivity index (χ4v) is 1.33. The number of benzene rings is 1. The summed E-state index contributed by atoms with van der Waals surface area (Å²) >= 11 is 5.91. The first kappa shape index (κ1) is 12.6. The number of allylic oxidation sites excluding steroid dienone is 1. The summed E-state index contributed by atoms with van der Waals surface area (Å²) in [6.45, 7) is 0. The molecule has 0 spiro atoms. The van der Waals surface area contributed by atoms with Gasteiger partial charge < -0.3 is 9.75 Å². The predicted octanol–water partition coefficient (Wildman–Crippen LogP) is 2.91. The minimum Gasteiger partial charge on any atom is -0.496 e. The molecular formula is C12H15ClN2O. The van der Waals surface area contributed by atoms with Crippen LogP contribution in [0.2, 0.25) is 5.02 Å². The lowest BCUT2D eigenvalue weighted by Crippen LogP contribution is -2.00. The van der Waals surface area contributed by atoms with E-state index in [9.17, 15) is 0 Å². The molecule has 4 heteroatoms. The van der Waals surface area contributed by atoms with Crippen molar-refractivity contribution in [3.8, 4) is 5.75 Å². The Balaban J connectivity index is 2.83. The first-order valence-corrected chi connectivity index (χ1v) is 5.23. The maximum Gasteiger partial charge on any atom is 0.126 e. The third-order valence-corrected chi connectivity index (χ3v) is 2.09. The van der Waals surface area contributed by atoms with Gasteiger partial charge in [-0.15, -0.1) is 0 Å². The molecule has 1 aromatic rings. The molecule has 3 nitrogen and oxygen atoms in total. The van der Waals surface area contributed by atoms with Gasteiger partial charge in [0.2, 0.25) is 0 Å². The van der Waals surface area contributed by atoms with Crippen molar-refractivity contribution in [2.45, 2.75) is 0 Å². The van der Waals surface area contributed by atoms with E-state index in [2.05, 4.69) is 5.10 Å². The molecule has 0 amide bonds. The van der Waals surface area contributed by atoms with Gasteiger partial charge in [0.25, 0.3) is 0 Å². The van der Waals surface area contributed by atoms with E-state index in [0.717, 1.165) is 11.3 Å². The Morgan fingerprint density at radius 1 is 1.38 bits per heavy atom. The van der Waals surface area contributed by atoms with Gasteiger partial charge in [0.1, 0.15) is 5.75 Å². The van der Waals surface area contributed by atoms with Crippen LogP contribution in [0.5, 0.6) is 5.75 Å². The monoisotopic (exact) mass is 238 g/mol. The Bertz CT molecular complexity index is 400. The largest absolute Gasteiger partial charge is 0.496 e. The summed E-state index contributed by atoms with van der Waals surface area (Å²) in [6, 6.07) is 5.48. The second kappa shape index (κ2) is 6.18. The lowest BCUT2D eigenvalue weighted by atomic mass is 10.2. The van der Waals surface area contributed by atoms with Crippen molar-refractivity contribution in [3.05, 3.63) is 34.9 Å². The van der Waals surface area contributed by atoms with E-state index in [1.165, 1.54) is 0 Å². The van der Waals surface area contributed by atoms with Crippen LogP contribution in [0, 0.1) is 0 Å². The number of hydrazone groups is 1. The maximum atomic E-state index is 5.91. The third kappa shape index (κ3) is 3.95. The zero-order chi connectivity index (χ0) is 12.0. The molecule has 0 heterocycles.